The molecule has 0 amide bonds. The summed E-state index contributed by atoms with van der Waals surface area (Å²) in [7, 11) is 0. The van der Waals surface area contributed by atoms with Crippen molar-refractivity contribution in [3.63, 3.8) is 0 Å². The minimum atomic E-state index is 0.0547. The number of nitrogens with zero attached hydrogens (tertiary/aromatic N) is 3. The van der Waals surface area contributed by atoms with Gasteiger partial charge in [0.2, 0.25) is 0 Å². The molecule has 0 spiro atoms. The molecule has 3 N–H and O–H groups in total. The second kappa shape index (κ2) is 5.03. The van der Waals surface area contributed by atoms with E-state index >= 15 is 0 Å². The molecule has 1 aromatic heterocycles. The maximum absolute atomic E-state index is 8.65. The Bertz CT molecular complexity index is 415. The molecule has 0 unspecified atom stereocenters. The highest BCUT2D eigenvalue weighted by Crippen LogP contribution is 2.31. The Morgan fingerprint density at radius 3 is 3.00 bits per heavy atom. The fourth-order valence-corrected chi connectivity index (χ4v) is 1.94. The smallest absolute Gasteiger partial charge is 0.188 e. The van der Waals surface area contributed by atoms with Gasteiger partial charge >= 0.3 is 0 Å². The Kier molecular flexibility index (Phi) is 3.46. The molecule has 5 nitrogen and oxygen atoms in total. The van der Waals surface area contributed by atoms with Crippen LogP contribution < -0.4 is 10.6 Å². The molecule has 1 aliphatic rings. The van der Waals surface area contributed by atoms with Crippen LogP contribution in [0.3, 0.4) is 0 Å². The highest BCUT2D eigenvalue weighted by atomic mass is 16.4. The minimum absolute atomic E-state index is 0.0547. The van der Waals surface area contributed by atoms with Crippen molar-refractivity contribution in [2.75, 3.05) is 11.4 Å². The van der Waals surface area contributed by atoms with Gasteiger partial charge in [-0.25, -0.2) is 0 Å². The standard InChI is InChI=1S/C12H18N4O/c1-2-7-16(9-3-4-9)10-5-6-14-11(8-10)12(13)15-17/h5-6,8-9,17H,2-4,7H2,1H3,(H2,13,15). The predicted molar refractivity (Wildman–Crippen MR) is 67.4 cm³/mol. The second-order valence-electron chi connectivity index (χ2n) is 4.31. The van der Waals surface area contributed by atoms with Crippen molar-refractivity contribution in [3.05, 3.63) is 24.0 Å². The Morgan fingerprint density at radius 1 is 1.65 bits per heavy atom. The van der Waals surface area contributed by atoms with Crippen LogP contribution in [0.1, 0.15) is 31.9 Å². The topological polar surface area (TPSA) is 74.7 Å². The molecule has 0 aromatic carbocycles. The first-order valence-electron chi connectivity index (χ1n) is 5.97. The van der Waals surface area contributed by atoms with E-state index in [4.69, 9.17) is 10.9 Å². The van der Waals surface area contributed by atoms with Crippen LogP contribution in [0.25, 0.3) is 0 Å². The van der Waals surface area contributed by atoms with E-state index in [1.54, 1.807) is 6.20 Å². The summed E-state index contributed by atoms with van der Waals surface area (Å²) in [5.41, 5.74) is 7.17. The van der Waals surface area contributed by atoms with Crippen molar-refractivity contribution in [1.29, 1.82) is 0 Å². The van der Waals surface area contributed by atoms with Gasteiger partial charge in [-0.15, -0.1) is 0 Å². The molecule has 92 valence electrons. The molecule has 2 rings (SSSR count). The molecule has 0 bridgehead atoms. The number of amidine groups is 1. The molecule has 0 atom stereocenters. The van der Waals surface area contributed by atoms with Crippen LogP contribution in [0, 0.1) is 0 Å². The van der Waals surface area contributed by atoms with E-state index < -0.39 is 0 Å². The third kappa shape index (κ3) is 2.67. The van der Waals surface area contributed by atoms with Crippen LogP contribution in [-0.4, -0.2) is 28.6 Å². The lowest BCUT2D eigenvalue weighted by Crippen LogP contribution is -2.27. The third-order valence-electron chi connectivity index (χ3n) is 2.90. The van der Waals surface area contributed by atoms with Crippen LogP contribution >= 0.6 is 0 Å². The first-order valence-corrected chi connectivity index (χ1v) is 5.97. The lowest BCUT2D eigenvalue weighted by molar-refractivity contribution is 0.318. The van der Waals surface area contributed by atoms with Crippen molar-refractivity contribution in [3.8, 4) is 0 Å². The van der Waals surface area contributed by atoms with Crippen molar-refractivity contribution in [1.82, 2.24) is 4.98 Å². The van der Waals surface area contributed by atoms with Gasteiger partial charge in [-0.3, -0.25) is 4.98 Å². The SMILES string of the molecule is CCCN(c1ccnc(C(N)=NO)c1)C1CC1. The number of pyridine rings is 1. The highest BCUT2D eigenvalue weighted by molar-refractivity contribution is 5.95. The number of rotatable bonds is 5. The zero-order valence-electron chi connectivity index (χ0n) is 10.0. The maximum Gasteiger partial charge on any atom is 0.188 e. The molecule has 5 heteroatoms. The van der Waals surface area contributed by atoms with Crippen LogP contribution in [-0.2, 0) is 0 Å². The maximum atomic E-state index is 8.65. The van der Waals surface area contributed by atoms with Crippen LogP contribution in [0.15, 0.2) is 23.5 Å². The van der Waals surface area contributed by atoms with E-state index in [2.05, 4.69) is 22.0 Å². The lowest BCUT2D eigenvalue weighted by Gasteiger charge is -2.24. The molecule has 0 radical (unpaired) electrons. The van der Waals surface area contributed by atoms with Gasteiger partial charge < -0.3 is 15.8 Å². The molecule has 1 aliphatic carbocycles. The summed E-state index contributed by atoms with van der Waals surface area (Å²) in [6.07, 6.45) is 5.31. The molecule has 0 saturated heterocycles. The van der Waals surface area contributed by atoms with E-state index in [0.717, 1.165) is 18.7 Å². The van der Waals surface area contributed by atoms with E-state index in [1.165, 1.54) is 12.8 Å². The summed E-state index contributed by atoms with van der Waals surface area (Å²) < 4.78 is 0. The minimum Gasteiger partial charge on any atom is -0.409 e. The first kappa shape index (κ1) is 11.7. The Labute approximate surface area is 101 Å². The lowest BCUT2D eigenvalue weighted by atomic mass is 10.2. The molecule has 0 aliphatic heterocycles. The van der Waals surface area contributed by atoms with Gasteiger partial charge in [0.1, 0.15) is 5.69 Å². The Morgan fingerprint density at radius 2 is 2.41 bits per heavy atom. The Balaban J connectivity index is 2.24. The molecular weight excluding hydrogens is 216 g/mol. The monoisotopic (exact) mass is 234 g/mol. The normalized spacial score (nSPS) is 15.9. The summed E-state index contributed by atoms with van der Waals surface area (Å²) in [6, 6.07) is 4.50. The third-order valence-corrected chi connectivity index (χ3v) is 2.90. The molecule has 1 aromatic rings. The summed E-state index contributed by atoms with van der Waals surface area (Å²) in [4.78, 5) is 6.46. The summed E-state index contributed by atoms with van der Waals surface area (Å²) in [5.74, 6) is 0.0547. The molecule has 17 heavy (non-hydrogen) atoms. The van der Waals surface area contributed by atoms with E-state index in [0.29, 0.717) is 11.7 Å². The van der Waals surface area contributed by atoms with Gasteiger partial charge in [0.05, 0.1) is 0 Å². The summed E-state index contributed by atoms with van der Waals surface area (Å²) in [6.45, 7) is 3.20. The van der Waals surface area contributed by atoms with E-state index in [9.17, 15) is 0 Å². The molecule has 1 saturated carbocycles. The van der Waals surface area contributed by atoms with E-state index in [1.807, 2.05) is 12.1 Å². The second-order valence-corrected chi connectivity index (χ2v) is 4.31. The fraction of sp³-hybridized carbons (Fsp3) is 0.500. The van der Waals surface area contributed by atoms with E-state index in [-0.39, 0.29) is 5.84 Å². The van der Waals surface area contributed by atoms with Gasteiger partial charge in [0, 0.05) is 24.5 Å². The van der Waals surface area contributed by atoms with Gasteiger partial charge in [-0.1, -0.05) is 12.1 Å². The largest absolute Gasteiger partial charge is 0.409 e. The predicted octanol–water partition coefficient (Wildman–Crippen LogP) is 1.55. The quantitative estimate of drug-likeness (QED) is 0.351. The number of aromatic nitrogens is 1. The highest BCUT2D eigenvalue weighted by Gasteiger charge is 2.28. The summed E-state index contributed by atoms with van der Waals surface area (Å²) in [5, 5.41) is 11.6. The van der Waals surface area contributed by atoms with Gasteiger partial charge in [-0.2, -0.15) is 0 Å². The van der Waals surface area contributed by atoms with Crippen molar-refractivity contribution < 1.29 is 5.21 Å². The van der Waals surface area contributed by atoms with Crippen molar-refractivity contribution in [2.45, 2.75) is 32.2 Å². The number of hydrogen-bond donors (Lipinski definition) is 2. The average Bonchev–Trinajstić information content (AvgIpc) is 3.19. The first-order chi connectivity index (χ1) is 8.26. The van der Waals surface area contributed by atoms with Gasteiger partial charge in [-0.05, 0) is 31.4 Å². The van der Waals surface area contributed by atoms with Crippen LogP contribution in [0.4, 0.5) is 5.69 Å². The number of hydrogen-bond acceptors (Lipinski definition) is 4. The van der Waals surface area contributed by atoms with Crippen LogP contribution in [0.5, 0.6) is 0 Å². The average molecular weight is 234 g/mol. The number of anilines is 1. The van der Waals surface area contributed by atoms with Gasteiger partial charge in [0.25, 0.3) is 0 Å². The van der Waals surface area contributed by atoms with Gasteiger partial charge in [0.15, 0.2) is 5.84 Å². The number of oxime groups is 1. The van der Waals surface area contributed by atoms with Crippen LogP contribution in [0.2, 0.25) is 0 Å². The number of nitrogens with two attached hydrogens (primary N) is 1. The molecular formula is C12H18N4O. The molecule has 1 heterocycles. The molecule has 1 fully saturated rings. The zero-order valence-corrected chi connectivity index (χ0v) is 10.0. The van der Waals surface area contributed by atoms with Crippen molar-refractivity contribution in [2.24, 2.45) is 10.9 Å². The fourth-order valence-electron chi connectivity index (χ4n) is 1.94. The zero-order chi connectivity index (χ0) is 12.3. The Hall–Kier alpha value is -1.78. The van der Waals surface area contributed by atoms with Crippen molar-refractivity contribution >= 4 is 11.5 Å². The summed E-state index contributed by atoms with van der Waals surface area (Å²) >= 11 is 0.